The summed E-state index contributed by atoms with van der Waals surface area (Å²) >= 11 is 1.32. The number of para-hydroxylation sites is 1. The Hall–Kier alpha value is -3.78. The number of nitrogens with zero attached hydrogens (tertiary/aromatic N) is 3. The Morgan fingerprint density at radius 1 is 1.16 bits per heavy atom. The molecule has 4 heterocycles. The number of rotatable bonds is 4. The summed E-state index contributed by atoms with van der Waals surface area (Å²) in [5, 5.41) is 6.61. The predicted molar refractivity (Wildman–Crippen MR) is 124 cm³/mol. The maximum atomic E-state index is 12.9. The zero-order chi connectivity index (χ0) is 21.5. The van der Waals surface area contributed by atoms with Gasteiger partial charge in [0.2, 0.25) is 5.43 Å². The van der Waals surface area contributed by atoms with E-state index in [0.717, 1.165) is 27.9 Å². The van der Waals surface area contributed by atoms with Crippen LogP contribution < -0.4 is 10.7 Å². The smallest absolute Gasteiger partial charge is 0.262 e. The minimum atomic E-state index is -0.477. The van der Waals surface area contributed by atoms with Crippen LogP contribution >= 0.6 is 11.3 Å². The molecular formula is C23H19N5O2S. The van der Waals surface area contributed by atoms with Gasteiger partial charge in [-0.05, 0) is 32.0 Å². The monoisotopic (exact) mass is 429 g/mol. The van der Waals surface area contributed by atoms with E-state index in [1.165, 1.54) is 11.3 Å². The average molecular weight is 430 g/mol. The predicted octanol–water partition coefficient (Wildman–Crippen LogP) is 4.58. The van der Waals surface area contributed by atoms with E-state index in [4.69, 9.17) is 0 Å². The molecule has 8 heteroatoms. The molecule has 5 aromatic rings. The van der Waals surface area contributed by atoms with Crippen molar-refractivity contribution in [1.29, 1.82) is 0 Å². The van der Waals surface area contributed by atoms with E-state index in [1.807, 2.05) is 54.3 Å². The second-order valence-corrected chi connectivity index (χ2v) is 8.08. The van der Waals surface area contributed by atoms with Gasteiger partial charge in [0.05, 0.1) is 11.1 Å². The molecule has 0 unspecified atom stereocenters. The lowest BCUT2D eigenvalue weighted by Crippen LogP contribution is -2.24. The van der Waals surface area contributed by atoms with Crippen LogP contribution in [0.5, 0.6) is 0 Å². The van der Waals surface area contributed by atoms with Crippen LogP contribution in [0.25, 0.3) is 33.2 Å². The summed E-state index contributed by atoms with van der Waals surface area (Å²) in [5.41, 5.74) is 3.90. The fourth-order valence-electron chi connectivity index (χ4n) is 3.67. The Morgan fingerprint density at radius 2 is 2.00 bits per heavy atom. The number of aromatic nitrogens is 4. The van der Waals surface area contributed by atoms with Crippen molar-refractivity contribution in [3.05, 3.63) is 75.7 Å². The molecule has 0 radical (unpaired) electrons. The minimum absolute atomic E-state index is 0.0730. The Labute approximate surface area is 181 Å². The summed E-state index contributed by atoms with van der Waals surface area (Å²) in [6, 6.07) is 11.5. The Bertz CT molecular complexity index is 1510. The number of thiazole rings is 1. The quantitative estimate of drug-likeness (QED) is 0.437. The van der Waals surface area contributed by atoms with E-state index in [0.29, 0.717) is 22.7 Å². The van der Waals surface area contributed by atoms with Crippen molar-refractivity contribution in [3.63, 3.8) is 0 Å². The number of aromatic amines is 1. The molecular weight excluding hydrogens is 410 g/mol. The fraction of sp³-hybridized carbons (Fsp3) is 0.130. The average Bonchev–Trinajstić information content (AvgIpc) is 3.40. The van der Waals surface area contributed by atoms with E-state index in [-0.39, 0.29) is 11.0 Å². The first-order valence-electron chi connectivity index (χ1n) is 9.89. The number of H-pyrrole nitrogens is 1. The first kappa shape index (κ1) is 19.2. The highest BCUT2D eigenvalue weighted by atomic mass is 32.1. The zero-order valence-corrected chi connectivity index (χ0v) is 17.8. The van der Waals surface area contributed by atoms with E-state index in [9.17, 15) is 9.59 Å². The molecule has 0 saturated heterocycles. The van der Waals surface area contributed by atoms with Crippen LogP contribution in [0.15, 0.2) is 59.0 Å². The highest BCUT2D eigenvalue weighted by Gasteiger charge is 2.18. The van der Waals surface area contributed by atoms with Crippen molar-refractivity contribution in [2.75, 3.05) is 5.32 Å². The number of carbonyl (C=O) groups is 1. The van der Waals surface area contributed by atoms with E-state index in [2.05, 4.69) is 20.3 Å². The molecule has 1 amide bonds. The van der Waals surface area contributed by atoms with Gasteiger partial charge in [0.15, 0.2) is 5.13 Å². The number of amides is 1. The molecule has 0 aliphatic heterocycles. The standard InChI is InChI=1S/C23H19N5O2S/c1-3-28-11-17(20(29)15-9-8-13(2)25-21(15)28)22(30)27-23-26-19(12-31-23)16-10-24-18-7-5-4-6-14(16)18/h4-12,24H,3H2,1-2H3,(H,26,27,30). The Morgan fingerprint density at radius 3 is 2.84 bits per heavy atom. The normalized spacial score (nSPS) is 11.3. The molecule has 0 saturated carbocycles. The van der Waals surface area contributed by atoms with Gasteiger partial charge in [0.1, 0.15) is 11.2 Å². The van der Waals surface area contributed by atoms with Gasteiger partial charge in [-0.15, -0.1) is 11.3 Å². The van der Waals surface area contributed by atoms with Gasteiger partial charge in [0, 0.05) is 46.5 Å². The van der Waals surface area contributed by atoms with Crippen LogP contribution in [0.1, 0.15) is 23.0 Å². The molecule has 4 aromatic heterocycles. The molecule has 7 nitrogen and oxygen atoms in total. The van der Waals surface area contributed by atoms with Crippen LogP contribution in [-0.2, 0) is 6.54 Å². The molecule has 1 aromatic carbocycles. The van der Waals surface area contributed by atoms with Crippen molar-refractivity contribution in [1.82, 2.24) is 19.5 Å². The molecule has 2 N–H and O–H groups in total. The molecule has 0 aliphatic carbocycles. The van der Waals surface area contributed by atoms with Crippen LogP contribution in [0, 0.1) is 6.92 Å². The van der Waals surface area contributed by atoms with Crippen molar-refractivity contribution in [3.8, 4) is 11.3 Å². The molecule has 154 valence electrons. The lowest BCUT2D eigenvalue weighted by molar-refractivity contribution is 0.102. The van der Waals surface area contributed by atoms with Gasteiger partial charge >= 0.3 is 0 Å². The molecule has 0 bridgehead atoms. The Balaban J connectivity index is 1.49. The molecule has 0 aliphatic rings. The first-order chi connectivity index (χ1) is 15.0. The summed E-state index contributed by atoms with van der Waals surface area (Å²) in [6.45, 7) is 4.41. The summed E-state index contributed by atoms with van der Waals surface area (Å²) in [4.78, 5) is 38.1. The van der Waals surface area contributed by atoms with Crippen LogP contribution in [0.3, 0.4) is 0 Å². The second kappa shape index (κ2) is 7.48. The zero-order valence-electron chi connectivity index (χ0n) is 17.0. The van der Waals surface area contributed by atoms with Crippen molar-refractivity contribution in [2.45, 2.75) is 20.4 Å². The SMILES string of the molecule is CCn1cc(C(=O)Nc2nc(-c3c[nH]c4ccccc34)cs2)c(=O)c2ccc(C)nc21. The van der Waals surface area contributed by atoms with Crippen molar-refractivity contribution < 1.29 is 4.79 Å². The number of carbonyl (C=O) groups excluding carboxylic acids is 1. The third-order valence-electron chi connectivity index (χ3n) is 5.24. The highest BCUT2D eigenvalue weighted by Crippen LogP contribution is 2.31. The molecule has 0 fully saturated rings. The number of anilines is 1. The summed E-state index contributed by atoms with van der Waals surface area (Å²) in [7, 11) is 0. The topological polar surface area (TPSA) is 92.7 Å². The summed E-state index contributed by atoms with van der Waals surface area (Å²) in [5.74, 6) is -0.477. The molecule has 0 spiro atoms. The van der Waals surface area contributed by atoms with E-state index < -0.39 is 5.91 Å². The maximum absolute atomic E-state index is 12.9. The molecule has 0 atom stereocenters. The molecule has 5 rings (SSSR count). The van der Waals surface area contributed by atoms with Gasteiger partial charge < -0.3 is 9.55 Å². The largest absolute Gasteiger partial charge is 0.360 e. The Kier molecular flexibility index (Phi) is 4.63. The van der Waals surface area contributed by atoms with Crippen molar-refractivity contribution in [2.24, 2.45) is 0 Å². The lowest BCUT2D eigenvalue weighted by Gasteiger charge is -2.11. The number of hydrogen-bond acceptors (Lipinski definition) is 5. The first-order valence-corrected chi connectivity index (χ1v) is 10.8. The highest BCUT2D eigenvalue weighted by molar-refractivity contribution is 7.14. The maximum Gasteiger partial charge on any atom is 0.262 e. The number of fused-ring (bicyclic) bond motifs is 2. The van der Waals surface area contributed by atoms with Crippen LogP contribution in [0.4, 0.5) is 5.13 Å². The third-order valence-corrected chi connectivity index (χ3v) is 5.99. The minimum Gasteiger partial charge on any atom is -0.360 e. The summed E-state index contributed by atoms with van der Waals surface area (Å²) in [6.07, 6.45) is 3.48. The second-order valence-electron chi connectivity index (χ2n) is 7.22. The van der Waals surface area contributed by atoms with Gasteiger partial charge in [0.25, 0.3) is 5.91 Å². The van der Waals surface area contributed by atoms with Crippen LogP contribution in [-0.4, -0.2) is 25.4 Å². The van der Waals surface area contributed by atoms with Gasteiger partial charge in [-0.25, -0.2) is 9.97 Å². The number of aryl methyl sites for hydroxylation is 2. The number of benzene rings is 1. The van der Waals surface area contributed by atoms with E-state index in [1.54, 1.807) is 18.3 Å². The van der Waals surface area contributed by atoms with Gasteiger partial charge in [-0.3, -0.25) is 14.9 Å². The molecule has 31 heavy (non-hydrogen) atoms. The van der Waals surface area contributed by atoms with Crippen molar-refractivity contribution >= 4 is 44.3 Å². The lowest BCUT2D eigenvalue weighted by atomic mass is 10.1. The fourth-order valence-corrected chi connectivity index (χ4v) is 4.37. The van der Waals surface area contributed by atoms with E-state index >= 15 is 0 Å². The third kappa shape index (κ3) is 3.30. The van der Waals surface area contributed by atoms with Gasteiger partial charge in [-0.2, -0.15) is 0 Å². The number of hydrogen-bond donors (Lipinski definition) is 2. The number of nitrogens with one attached hydrogen (secondary N) is 2. The van der Waals surface area contributed by atoms with Gasteiger partial charge in [-0.1, -0.05) is 18.2 Å². The summed E-state index contributed by atoms with van der Waals surface area (Å²) < 4.78 is 1.82. The van der Waals surface area contributed by atoms with Crippen LogP contribution in [0.2, 0.25) is 0 Å². The number of pyridine rings is 2.